The van der Waals surface area contributed by atoms with Crippen LogP contribution in [0.25, 0.3) is 22.2 Å². The van der Waals surface area contributed by atoms with E-state index in [2.05, 4.69) is 4.98 Å². The van der Waals surface area contributed by atoms with Crippen LogP contribution in [0, 0.1) is 13.8 Å². The minimum Gasteiger partial charge on any atom is -0.507 e. The van der Waals surface area contributed by atoms with Crippen molar-refractivity contribution in [2.24, 2.45) is 0 Å². The van der Waals surface area contributed by atoms with E-state index in [4.69, 9.17) is 4.42 Å². The summed E-state index contributed by atoms with van der Waals surface area (Å²) in [7, 11) is 3.80. The van der Waals surface area contributed by atoms with Crippen LogP contribution in [0.3, 0.4) is 0 Å². The van der Waals surface area contributed by atoms with Gasteiger partial charge in [-0.3, -0.25) is 9.78 Å². The first kappa shape index (κ1) is 16.2. The minimum atomic E-state index is -0.120. The number of phenols is 1. The Morgan fingerprint density at radius 2 is 2.00 bits per heavy atom. The lowest BCUT2D eigenvalue weighted by molar-refractivity contribution is 0.383. The maximum absolute atomic E-state index is 13.1. The Balaban J connectivity index is 2.40. The predicted octanol–water partition coefficient (Wildman–Crippen LogP) is 3.24. The molecule has 24 heavy (non-hydrogen) atoms. The first-order valence-electron chi connectivity index (χ1n) is 7.75. The van der Waals surface area contributed by atoms with Gasteiger partial charge in [-0.2, -0.15) is 0 Å². The fraction of sp³-hybridized carbons (Fsp3) is 0.263. The van der Waals surface area contributed by atoms with Crippen LogP contribution in [0.4, 0.5) is 0 Å². The minimum absolute atomic E-state index is 0.120. The number of hydrogen-bond donors (Lipinski definition) is 1. The van der Waals surface area contributed by atoms with Gasteiger partial charge in [-0.1, -0.05) is 6.07 Å². The fourth-order valence-corrected chi connectivity index (χ4v) is 2.97. The molecular formula is C19H20N2O3. The van der Waals surface area contributed by atoms with Crippen molar-refractivity contribution < 1.29 is 9.52 Å². The summed E-state index contributed by atoms with van der Waals surface area (Å²) in [6, 6.07) is 7.06. The number of fused-ring (bicyclic) bond motifs is 1. The van der Waals surface area contributed by atoms with Crippen LogP contribution >= 0.6 is 0 Å². The van der Waals surface area contributed by atoms with Crippen molar-refractivity contribution in [2.75, 3.05) is 14.1 Å². The zero-order valence-electron chi connectivity index (χ0n) is 14.3. The van der Waals surface area contributed by atoms with Crippen molar-refractivity contribution in [1.82, 2.24) is 9.88 Å². The molecule has 5 nitrogen and oxygen atoms in total. The molecule has 2 heterocycles. The third-order valence-electron chi connectivity index (χ3n) is 4.01. The first-order valence-corrected chi connectivity index (χ1v) is 7.75. The van der Waals surface area contributed by atoms with E-state index in [9.17, 15) is 9.90 Å². The van der Waals surface area contributed by atoms with E-state index in [1.807, 2.05) is 25.1 Å². The molecule has 1 aromatic carbocycles. The zero-order chi connectivity index (χ0) is 17.4. The number of rotatable bonds is 3. The van der Waals surface area contributed by atoms with E-state index in [0.29, 0.717) is 45.7 Å². The first-order chi connectivity index (χ1) is 11.4. The predicted molar refractivity (Wildman–Crippen MR) is 94.2 cm³/mol. The molecule has 1 N–H and O–H groups in total. The number of pyridine rings is 1. The van der Waals surface area contributed by atoms with E-state index in [1.165, 1.54) is 0 Å². The summed E-state index contributed by atoms with van der Waals surface area (Å²) in [6.07, 6.45) is 1.65. The van der Waals surface area contributed by atoms with Crippen LogP contribution in [0.15, 0.2) is 39.7 Å². The molecule has 0 aliphatic rings. The van der Waals surface area contributed by atoms with Gasteiger partial charge in [-0.05, 0) is 51.7 Å². The molecule has 0 atom stereocenters. The molecule has 0 amide bonds. The van der Waals surface area contributed by atoms with Crippen molar-refractivity contribution in [3.05, 3.63) is 57.6 Å². The molecule has 0 unspecified atom stereocenters. The van der Waals surface area contributed by atoms with Crippen molar-refractivity contribution in [1.29, 1.82) is 0 Å². The topological polar surface area (TPSA) is 66.6 Å². The normalized spacial score (nSPS) is 11.4. The molecule has 0 aliphatic heterocycles. The van der Waals surface area contributed by atoms with Gasteiger partial charge in [0, 0.05) is 12.7 Å². The second-order valence-corrected chi connectivity index (χ2v) is 6.21. The van der Waals surface area contributed by atoms with Gasteiger partial charge >= 0.3 is 0 Å². The summed E-state index contributed by atoms with van der Waals surface area (Å²) in [5.41, 5.74) is 2.69. The number of benzene rings is 1. The summed E-state index contributed by atoms with van der Waals surface area (Å²) in [5, 5.41) is 10.8. The third-order valence-corrected chi connectivity index (χ3v) is 4.01. The van der Waals surface area contributed by atoms with Crippen LogP contribution in [-0.2, 0) is 6.54 Å². The SMILES string of the molecule is Cc1oc2c(CN(C)C)c(O)cc(C)c2c(=O)c1-c1ccccn1. The van der Waals surface area contributed by atoms with Crippen molar-refractivity contribution in [2.45, 2.75) is 20.4 Å². The molecule has 0 saturated heterocycles. The van der Waals surface area contributed by atoms with Crippen molar-refractivity contribution >= 4 is 11.0 Å². The molecule has 0 bridgehead atoms. The number of hydrogen-bond acceptors (Lipinski definition) is 5. The number of aromatic nitrogens is 1. The number of nitrogens with zero attached hydrogens (tertiary/aromatic N) is 2. The largest absolute Gasteiger partial charge is 0.507 e. The maximum Gasteiger partial charge on any atom is 0.202 e. The lowest BCUT2D eigenvalue weighted by Crippen LogP contribution is -2.14. The van der Waals surface area contributed by atoms with Gasteiger partial charge in [0.2, 0.25) is 5.43 Å². The van der Waals surface area contributed by atoms with Gasteiger partial charge in [0.05, 0.1) is 22.2 Å². The second-order valence-electron chi connectivity index (χ2n) is 6.21. The molecule has 0 aliphatic carbocycles. The molecule has 3 rings (SSSR count). The van der Waals surface area contributed by atoms with Gasteiger partial charge in [0.15, 0.2) is 0 Å². The molecule has 0 saturated carbocycles. The van der Waals surface area contributed by atoms with E-state index < -0.39 is 0 Å². The second kappa shape index (κ2) is 6.09. The quantitative estimate of drug-likeness (QED) is 0.801. The number of phenolic OH excluding ortho intramolecular Hbond substituents is 1. The van der Waals surface area contributed by atoms with Crippen molar-refractivity contribution in [3.8, 4) is 17.0 Å². The molecule has 124 valence electrons. The van der Waals surface area contributed by atoms with E-state index >= 15 is 0 Å². The Morgan fingerprint density at radius 3 is 2.62 bits per heavy atom. The Kier molecular flexibility index (Phi) is 4.11. The van der Waals surface area contributed by atoms with Crippen molar-refractivity contribution in [3.63, 3.8) is 0 Å². The summed E-state index contributed by atoms with van der Waals surface area (Å²) >= 11 is 0. The van der Waals surface area contributed by atoms with Crippen LogP contribution in [0.2, 0.25) is 0 Å². The molecular weight excluding hydrogens is 304 g/mol. The van der Waals surface area contributed by atoms with Crippen LogP contribution in [-0.4, -0.2) is 29.1 Å². The average molecular weight is 324 g/mol. The molecule has 0 spiro atoms. The summed E-state index contributed by atoms with van der Waals surface area (Å²) in [5.74, 6) is 0.637. The maximum atomic E-state index is 13.1. The lowest BCUT2D eigenvalue weighted by atomic mass is 10.00. The summed E-state index contributed by atoms with van der Waals surface area (Å²) in [6.45, 7) is 4.04. The smallest absolute Gasteiger partial charge is 0.202 e. The van der Waals surface area contributed by atoms with Gasteiger partial charge in [0.25, 0.3) is 0 Å². The van der Waals surface area contributed by atoms with E-state index in [1.54, 1.807) is 38.2 Å². The van der Waals surface area contributed by atoms with Crippen LogP contribution < -0.4 is 5.43 Å². The lowest BCUT2D eigenvalue weighted by Gasteiger charge is -2.16. The Labute approximate surface area is 140 Å². The van der Waals surface area contributed by atoms with Gasteiger partial charge in [-0.25, -0.2) is 0 Å². The third kappa shape index (κ3) is 2.67. The average Bonchev–Trinajstić information content (AvgIpc) is 2.51. The number of aryl methyl sites for hydroxylation is 2. The Hall–Kier alpha value is -2.66. The highest BCUT2D eigenvalue weighted by atomic mass is 16.3. The zero-order valence-corrected chi connectivity index (χ0v) is 14.3. The number of aromatic hydroxyl groups is 1. The van der Waals surface area contributed by atoms with Gasteiger partial charge in [-0.15, -0.1) is 0 Å². The summed E-state index contributed by atoms with van der Waals surface area (Å²) < 4.78 is 6.00. The standard InChI is InChI=1S/C19H20N2O3/c1-11-9-15(22)13(10-21(3)4)19-16(11)18(23)17(12(2)24-19)14-7-5-6-8-20-14/h5-9,22H,10H2,1-4H3. The highest BCUT2D eigenvalue weighted by molar-refractivity contribution is 5.88. The molecule has 5 heteroatoms. The Morgan fingerprint density at radius 1 is 1.25 bits per heavy atom. The summed E-state index contributed by atoms with van der Waals surface area (Å²) in [4.78, 5) is 19.3. The van der Waals surface area contributed by atoms with Gasteiger partial charge < -0.3 is 14.4 Å². The molecule has 3 aromatic rings. The monoisotopic (exact) mass is 324 g/mol. The van der Waals surface area contributed by atoms with Crippen LogP contribution in [0.1, 0.15) is 16.9 Å². The van der Waals surface area contributed by atoms with E-state index in [0.717, 1.165) is 0 Å². The highest BCUT2D eigenvalue weighted by Crippen LogP contribution is 2.32. The fourth-order valence-electron chi connectivity index (χ4n) is 2.97. The highest BCUT2D eigenvalue weighted by Gasteiger charge is 2.20. The van der Waals surface area contributed by atoms with Crippen LogP contribution in [0.5, 0.6) is 5.75 Å². The molecule has 2 aromatic heterocycles. The van der Waals surface area contributed by atoms with Gasteiger partial charge in [0.1, 0.15) is 17.1 Å². The Bertz CT molecular complexity index is 960. The molecule has 0 fully saturated rings. The van der Waals surface area contributed by atoms with E-state index in [-0.39, 0.29) is 11.2 Å². The molecule has 0 radical (unpaired) electrons.